The van der Waals surface area contributed by atoms with Gasteiger partial charge in [-0.3, -0.25) is 9.59 Å². The van der Waals surface area contributed by atoms with Crippen LogP contribution < -0.4 is 0 Å². The minimum atomic E-state index is -0.303. The Bertz CT molecular complexity index is 272. The number of Topliss-reactive ketones (excluding diaryl/α,β-unsaturated/α-hetero) is 1. The van der Waals surface area contributed by atoms with Crippen molar-refractivity contribution in [2.45, 2.75) is 38.5 Å². The van der Waals surface area contributed by atoms with E-state index in [-0.39, 0.29) is 17.3 Å². The summed E-state index contributed by atoms with van der Waals surface area (Å²) in [5.74, 6) is 0.486. The van der Waals surface area contributed by atoms with Crippen LogP contribution in [0, 0.1) is 11.3 Å². The molecule has 0 saturated heterocycles. The first-order valence-electron chi connectivity index (χ1n) is 5.29. The number of rotatable bonds is 1. The highest BCUT2D eigenvalue weighted by molar-refractivity contribution is 5.85. The Morgan fingerprint density at radius 1 is 1.50 bits per heavy atom. The van der Waals surface area contributed by atoms with Crippen molar-refractivity contribution in [3.63, 3.8) is 0 Å². The molecule has 78 valence electrons. The van der Waals surface area contributed by atoms with E-state index < -0.39 is 0 Å². The molecule has 2 aliphatic carbocycles. The summed E-state index contributed by atoms with van der Waals surface area (Å²) in [6.45, 7) is 0. The second-order valence-corrected chi connectivity index (χ2v) is 4.48. The van der Waals surface area contributed by atoms with Gasteiger partial charge in [-0.15, -0.1) is 0 Å². The van der Waals surface area contributed by atoms with E-state index in [4.69, 9.17) is 4.74 Å². The van der Waals surface area contributed by atoms with Crippen LogP contribution in [0.1, 0.15) is 38.5 Å². The van der Waals surface area contributed by atoms with Crippen LogP contribution in [0.25, 0.3) is 0 Å². The molecule has 2 unspecified atom stereocenters. The summed E-state index contributed by atoms with van der Waals surface area (Å²) in [4.78, 5) is 23.1. The molecule has 2 atom stereocenters. The fraction of sp³-hybridized carbons (Fsp3) is 0.818. The Morgan fingerprint density at radius 3 is 3.00 bits per heavy atom. The van der Waals surface area contributed by atoms with Crippen LogP contribution in [0.5, 0.6) is 0 Å². The van der Waals surface area contributed by atoms with Crippen LogP contribution in [0.2, 0.25) is 0 Å². The van der Waals surface area contributed by atoms with E-state index >= 15 is 0 Å². The number of hydrogen-bond donors (Lipinski definition) is 0. The van der Waals surface area contributed by atoms with Crippen LogP contribution in [-0.4, -0.2) is 18.9 Å². The first-order chi connectivity index (χ1) is 6.69. The highest BCUT2D eigenvalue weighted by Crippen LogP contribution is 2.52. The second kappa shape index (κ2) is 3.37. The van der Waals surface area contributed by atoms with Gasteiger partial charge >= 0.3 is 5.97 Å². The Kier molecular flexibility index (Phi) is 2.33. The van der Waals surface area contributed by atoms with Gasteiger partial charge in [0, 0.05) is 12.8 Å². The lowest BCUT2D eigenvalue weighted by atomic mass is 9.68. The fourth-order valence-corrected chi connectivity index (χ4v) is 3.08. The van der Waals surface area contributed by atoms with E-state index in [1.807, 2.05) is 0 Å². The zero-order valence-electron chi connectivity index (χ0n) is 8.54. The maximum atomic E-state index is 11.7. The van der Waals surface area contributed by atoms with Crippen LogP contribution in [0.4, 0.5) is 0 Å². The molecule has 2 aliphatic rings. The number of carbonyl (C=O) groups is 2. The third-order valence-corrected chi connectivity index (χ3v) is 3.87. The summed E-state index contributed by atoms with van der Waals surface area (Å²) in [7, 11) is 1.45. The van der Waals surface area contributed by atoms with Crippen molar-refractivity contribution in [3.8, 4) is 0 Å². The quantitative estimate of drug-likeness (QED) is 0.599. The summed E-state index contributed by atoms with van der Waals surface area (Å²) < 4.78 is 4.88. The molecule has 0 heterocycles. The highest BCUT2D eigenvalue weighted by atomic mass is 16.5. The van der Waals surface area contributed by atoms with Gasteiger partial charge in [0.2, 0.25) is 0 Å². The van der Waals surface area contributed by atoms with Gasteiger partial charge in [-0.1, -0.05) is 6.42 Å². The number of carbonyl (C=O) groups excluding carboxylic acids is 2. The third kappa shape index (κ3) is 1.26. The zero-order chi connectivity index (χ0) is 10.2. The summed E-state index contributed by atoms with van der Waals surface area (Å²) in [6, 6.07) is 0. The van der Waals surface area contributed by atoms with Crippen molar-refractivity contribution < 1.29 is 14.3 Å². The highest BCUT2D eigenvalue weighted by Gasteiger charge is 2.52. The van der Waals surface area contributed by atoms with Gasteiger partial charge < -0.3 is 4.74 Å². The molecular formula is C11H16O3. The van der Waals surface area contributed by atoms with Crippen molar-refractivity contribution in [2.24, 2.45) is 11.3 Å². The standard InChI is InChI=1S/C11H16O3/c1-14-10(13)11-5-2-3-8(11)7-9(12)4-6-11/h8H,2-7H2,1H3. The number of hydrogen-bond acceptors (Lipinski definition) is 3. The van der Waals surface area contributed by atoms with Crippen LogP contribution in [-0.2, 0) is 14.3 Å². The Morgan fingerprint density at radius 2 is 2.29 bits per heavy atom. The monoisotopic (exact) mass is 196 g/mol. The van der Waals surface area contributed by atoms with Crippen molar-refractivity contribution in [2.75, 3.05) is 7.11 Å². The number of ketones is 1. The predicted octanol–water partition coefficient (Wildman–Crippen LogP) is 1.70. The maximum Gasteiger partial charge on any atom is 0.312 e. The normalized spacial score (nSPS) is 36.6. The molecule has 14 heavy (non-hydrogen) atoms. The molecule has 3 heteroatoms. The minimum Gasteiger partial charge on any atom is -0.469 e. The minimum absolute atomic E-state index is 0.0903. The molecular weight excluding hydrogens is 180 g/mol. The molecule has 2 fully saturated rings. The van der Waals surface area contributed by atoms with Crippen LogP contribution in [0.15, 0.2) is 0 Å². The number of esters is 1. The lowest BCUT2D eigenvalue weighted by Crippen LogP contribution is -2.40. The summed E-state index contributed by atoms with van der Waals surface area (Å²) in [5, 5.41) is 0. The van der Waals surface area contributed by atoms with E-state index in [2.05, 4.69) is 0 Å². The molecule has 2 saturated carbocycles. The summed E-state index contributed by atoms with van der Waals surface area (Å²) in [5.41, 5.74) is -0.303. The van der Waals surface area contributed by atoms with Gasteiger partial charge in [-0.25, -0.2) is 0 Å². The van der Waals surface area contributed by atoms with Gasteiger partial charge in [0.05, 0.1) is 12.5 Å². The van der Waals surface area contributed by atoms with Gasteiger partial charge in [0.15, 0.2) is 0 Å². The van der Waals surface area contributed by atoms with Gasteiger partial charge in [-0.2, -0.15) is 0 Å². The SMILES string of the molecule is COC(=O)C12CCCC1CC(=O)CC2. The smallest absolute Gasteiger partial charge is 0.312 e. The van der Waals surface area contributed by atoms with Crippen LogP contribution in [0.3, 0.4) is 0 Å². The molecule has 0 aliphatic heterocycles. The molecule has 0 amide bonds. The number of fused-ring (bicyclic) bond motifs is 1. The first-order valence-corrected chi connectivity index (χ1v) is 5.29. The Hall–Kier alpha value is -0.860. The molecule has 0 aromatic rings. The van der Waals surface area contributed by atoms with Gasteiger partial charge in [-0.05, 0) is 25.2 Å². The average Bonchev–Trinajstić information content (AvgIpc) is 2.60. The van der Waals surface area contributed by atoms with E-state index in [0.29, 0.717) is 25.0 Å². The number of methoxy groups -OCH3 is 1. The molecule has 0 N–H and O–H groups in total. The fourth-order valence-electron chi connectivity index (χ4n) is 3.08. The Labute approximate surface area is 83.8 Å². The van der Waals surface area contributed by atoms with E-state index in [1.165, 1.54) is 7.11 Å². The van der Waals surface area contributed by atoms with E-state index in [1.54, 1.807) is 0 Å². The van der Waals surface area contributed by atoms with E-state index in [9.17, 15) is 9.59 Å². The van der Waals surface area contributed by atoms with Crippen molar-refractivity contribution in [1.82, 2.24) is 0 Å². The Balaban J connectivity index is 2.23. The van der Waals surface area contributed by atoms with Gasteiger partial charge in [0.1, 0.15) is 5.78 Å². The molecule has 0 radical (unpaired) electrons. The lowest BCUT2D eigenvalue weighted by molar-refractivity contribution is -0.158. The van der Waals surface area contributed by atoms with Crippen molar-refractivity contribution in [1.29, 1.82) is 0 Å². The first kappa shape index (κ1) is 9.69. The largest absolute Gasteiger partial charge is 0.469 e. The average molecular weight is 196 g/mol. The molecule has 0 aromatic heterocycles. The predicted molar refractivity (Wildman–Crippen MR) is 50.6 cm³/mol. The maximum absolute atomic E-state index is 11.7. The summed E-state index contributed by atoms with van der Waals surface area (Å²) in [6.07, 6.45) is 4.86. The summed E-state index contributed by atoms with van der Waals surface area (Å²) >= 11 is 0. The molecule has 3 nitrogen and oxygen atoms in total. The van der Waals surface area contributed by atoms with Gasteiger partial charge in [0.25, 0.3) is 0 Å². The number of ether oxygens (including phenoxy) is 1. The molecule has 2 rings (SSSR count). The van der Waals surface area contributed by atoms with Crippen molar-refractivity contribution >= 4 is 11.8 Å². The molecule has 0 bridgehead atoms. The second-order valence-electron chi connectivity index (χ2n) is 4.48. The topological polar surface area (TPSA) is 43.4 Å². The van der Waals surface area contributed by atoms with E-state index in [0.717, 1.165) is 19.3 Å². The lowest BCUT2D eigenvalue weighted by Gasteiger charge is -2.35. The third-order valence-electron chi connectivity index (χ3n) is 3.87. The zero-order valence-corrected chi connectivity index (χ0v) is 8.54. The molecule has 0 spiro atoms. The molecule has 0 aromatic carbocycles. The van der Waals surface area contributed by atoms with Crippen molar-refractivity contribution in [3.05, 3.63) is 0 Å². The van der Waals surface area contributed by atoms with Crippen LogP contribution >= 0.6 is 0 Å².